The Morgan fingerprint density at radius 2 is 1.63 bits per heavy atom. The third-order valence-corrected chi connectivity index (χ3v) is 2.82. The third-order valence-electron chi connectivity index (χ3n) is 2.37. The van der Waals surface area contributed by atoms with Gasteiger partial charge in [0.1, 0.15) is 17.6 Å². The second-order valence-corrected chi connectivity index (χ2v) is 4.59. The van der Waals surface area contributed by atoms with Crippen molar-refractivity contribution in [3.8, 4) is 6.07 Å². The Labute approximate surface area is 115 Å². The van der Waals surface area contributed by atoms with E-state index in [0.29, 0.717) is 0 Å². The van der Waals surface area contributed by atoms with Crippen molar-refractivity contribution < 1.29 is 13.2 Å². The Kier molecular flexibility index (Phi) is 3.76. The molecule has 0 saturated carbocycles. The van der Waals surface area contributed by atoms with Gasteiger partial charge in [-0.3, -0.25) is 0 Å². The van der Waals surface area contributed by atoms with Gasteiger partial charge in [-0.2, -0.15) is 5.26 Å². The zero-order chi connectivity index (χ0) is 14.0. The molecule has 0 aliphatic carbocycles. The van der Waals surface area contributed by atoms with Crippen molar-refractivity contribution in [2.24, 2.45) is 0 Å². The highest BCUT2D eigenvalue weighted by atomic mass is 79.9. The average molecular weight is 327 g/mol. The van der Waals surface area contributed by atoms with E-state index in [-0.39, 0.29) is 21.4 Å². The molecule has 0 radical (unpaired) electrons. The van der Waals surface area contributed by atoms with Gasteiger partial charge in [-0.15, -0.1) is 0 Å². The third kappa shape index (κ3) is 2.88. The van der Waals surface area contributed by atoms with Gasteiger partial charge in [0.05, 0.1) is 5.56 Å². The predicted molar refractivity (Wildman–Crippen MR) is 68.5 cm³/mol. The van der Waals surface area contributed by atoms with Crippen LogP contribution < -0.4 is 5.32 Å². The van der Waals surface area contributed by atoms with Crippen LogP contribution in [0.1, 0.15) is 5.56 Å². The second-order valence-electron chi connectivity index (χ2n) is 3.68. The SMILES string of the molecule is N#Cc1ccc(Nc2c(F)cc(Br)cc2F)cc1F. The van der Waals surface area contributed by atoms with Gasteiger partial charge >= 0.3 is 0 Å². The number of benzene rings is 2. The molecule has 0 unspecified atom stereocenters. The molecule has 0 fully saturated rings. The van der Waals surface area contributed by atoms with Crippen LogP contribution in [0.5, 0.6) is 0 Å². The summed E-state index contributed by atoms with van der Waals surface area (Å²) >= 11 is 2.96. The zero-order valence-corrected chi connectivity index (χ0v) is 10.9. The van der Waals surface area contributed by atoms with Crippen LogP contribution in [-0.2, 0) is 0 Å². The molecule has 96 valence electrons. The van der Waals surface area contributed by atoms with Crippen molar-refractivity contribution in [3.05, 3.63) is 57.8 Å². The number of rotatable bonds is 2. The predicted octanol–water partition coefficient (Wildman–Crippen LogP) is 4.48. The van der Waals surface area contributed by atoms with Crippen molar-refractivity contribution in [1.82, 2.24) is 0 Å². The molecular formula is C13H6BrF3N2. The number of nitrogens with one attached hydrogen (secondary N) is 1. The summed E-state index contributed by atoms with van der Waals surface area (Å²) in [5, 5.41) is 11.0. The molecule has 0 saturated heterocycles. The standard InChI is InChI=1S/C13H6BrF3N2/c14-8-3-11(16)13(12(17)4-8)19-9-2-1-7(6-18)10(15)5-9/h1-5,19H. The van der Waals surface area contributed by atoms with Crippen LogP contribution >= 0.6 is 15.9 Å². The van der Waals surface area contributed by atoms with Crippen molar-refractivity contribution in [2.75, 3.05) is 5.32 Å². The van der Waals surface area contributed by atoms with E-state index in [2.05, 4.69) is 21.2 Å². The quantitative estimate of drug-likeness (QED) is 0.883. The molecule has 2 nitrogen and oxygen atoms in total. The van der Waals surface area contributed by atoms with E-state index in [0.717, 1.165) is 18.2 Å². The Morgan fingerprint density at radius 3 is 2.16 bits per heavy atom. The highest BCUT2D eigenvalue weighted by Crippen LogP contribution is 2.27. The molecule has 2 aromatic rings. The largest absolute Gasteiger partial charge is 0.351 e. The first-order valence-electron chi connectivity index (χ1n) is 5.12. The normalized spacial score (nSPS) is 10.1. The molecule has 2 aromatic carbocycles. The topological polar surface area (TPSA) is 35.8 Å². The molecule has 19 heavy (non-hydrogen) atoms. The summed E-state index contributed by atoms with van der Waals surface area (Å²) < 4.78 is 40.8. The highest BCUT2D eigenvalue weighted by molar-refractivity contribution is 9.10. The fourth-order valence-electron chi connectivity index (χ4n) is 1.49. The van der Waals surface area contributed by atoms with E-state index in [1.807, 2.05) is 0 Å². The van der Waals surface area contributed by atoms with Crippen LogP contribution in [0, 0.1) is 28.8 Å². The van der Waals surface area contributed by atoms with Crippen LogP contribution in [0.25, 0.3) is 0 Å². The van der Waals surface area contributed by atoms with Gasteiger partial charge < -0.3 is 5.32 Å². The Hall–Kier alpha value is -2.00. The van der Waals surface area contributed by atoms with E-state index in [9.17, 15) is 13.2 Å². The van der Waals surface area contributed by atoms with Gasteiger partial charge in [0, 0.05) is 10.2 Å². The molecule has 0 heterocycles. The fraction of sp³-hybridized carbons (Fsp3) is 0. The van der Waals surface area contributed by atoms with Crippen LogP contribution in [0.4, 0.5) is 24.5 Å². The fourth-order valence-corrected chi connectivity index (χ4v) is 1.89. The molecule has 6 heteroatoms. The lowest BCUT2D eigenvalue weighted by Crippen LogP contribution is -1.98. The number of halogens is 4. The molecule has 0 bridgehead atoms. The summed E-state index contributed by atoms with van der Waals surface area (Å²) in [6.07, 6.45) is 0. The summed E-state index contributed by atoms with van der Waals surface area (Å²) in [6.45, 7) is 0. The average Bonchev–Trinajstić information content (AvgIpc) is 2.34. The Balaban J connectivity index is 2.37. The lowest BCUT2D eigenvalue weighted by molar-refractivity contribution is 0.589. The minimum atomic E-state index is -0.809. The number of nitriles is 1. The Bertz CT molecular complexity index is 657. The van der Waals surface area contributed by atoms with E-state index >= 15 is 0 Å². The molecule has 0 aliphatic rings. The number of nitrogens with zero attached hydrogens (tertiary/aromatic N) is 1. The minimum Gasteiger partial charge on any atom is -0.351 e. The lowest BCUT2D eigenvalue weighted by Gasteiger charge is -2.09. The van der Waals surface area contributed by atoms with Crippen molar-refractivity contribution in [1.29, 1.82) is 5.26 Å². The van der Waals surface area contributed by atoms with Gasteiger partial charge in [0.25, 0.3) is 0 Å². The molecular weight excluding hydrogens is 321 g/mol. The van der Waals surface area contributed by atoms with Crippen LogP contribution in [0.3, 0.4) is 0 Å². The van der Waals surface area contributed by atoms with Crippen molar-refractivity contribution in [3.63, 3.8) is 0 Å². The van der Waals surface area contributed by atoms with Crippen LogP contribution in [-0.4, -0.2) is 0 Å². The highest BCUT2D eigenvalue weighted by Gasteiger charge is 2.11. The molecule has 0 aromatic heterocycles. The first-order chi connectivity index (χ1) is 9.01. The maximum atomic E-state index is 13.6. The van der Waals surface area contributed by atoms with Gasteiger partial charge in [0.15, 0.2) is 11.6 Å². The summed E-state index contributed by atoms with van der Waals surface area (Å²) in [4.78, 5) is 0. The molecule has 1 N–H and O–H groups in total. The maximum absolute atomic E-state index is 13.6. The van der Waals surface area contributed by atoms with E-state index in [1.165, 1.54) is 12.1 Å². The molecule has 0 atom stereocenters. The van der Waals surface area contributed by atoms with Crippen LogP contribution in [0.2, 0.25) is 0 Å². The van der Waals surface area contributed by atoms with Gasteiger partial charge in [-0.1, -0.05) is 15.9 Å². The molecule has 0 amide bonds. The first-order valence-corrected chi connectivity index (χ1v) is 5.92. The summed E-state index contributed by atoms with van der Waals surface area (Å²) in [5.41, 5.74) is -0.369. The van der Waals surface area contributed by atoms with Crippen molar-refractivity contribution >= 4 is 27.3 Å². The monoisotopic (exact) mass is 326 g/mol. The van der Waals surface area contributed by atoms with E-state index < -0.39 is 17.5 Å². The lowest BCUT2D eigenvalue weighted by atomic mass is 10.2. The maximum Gasteiger partial charge on any atom is 0.150 e. The number of hydrogen-bond acceptors (Lipinski definition) is 2. The van der Waals surface area contributed by atoms with E-state index in [1.54, 1.807) is 6.07 Å². The molecule has 0 aliphatic heterocycles. The van der Waals surface area contributed by atoms with Gasteiger partial charge in [0.2, 0.25) is 0 Å². The summed E-state index contributed by atoms with van der Waals surface area (Å²) in [7, 11) is 0. The van der Waals surface area contributed by atoms with Gasteiger partial charge in [-0.05, 0) is 30.3 Å². The van der Waals surface area contributed by atoms with Crippen molar-refractivity contribution in [2.45, 2.75) is 0 Å². The summed E-state index contributed by atoms with van der Waals surface area (Å²) in [5.74, 6) is -2.38. The molecule has 0 spiro atoms. The van der Waals surface area contributed by atoms with Gasteiger partial charge in [-0.25, -0.2) is 13.2 Å². The van der Waals surface area contributed by atoms with E-state index in [4.69, 9.17) is 5.26 Å². The first kappa shape index (κ1) is 13.4. The molecule has 2 rings (SSSR count). The Morgan fingerprint density at radius 1 is 1.00 bits per heavy atom. The smallest absolute Gasteiger partial charge is 0.150 e. The summed E-state index contributed by atoms with van der Waals surface area (Å²) in [6, 6.07) is 7.43. The second kappa shape index (κ2) is 5.33. The van der Waals surface area contributed by atoms with Crippen LogP contribution in [0.15, 0.2) is 34.8 Å². The number of anilines is 2. The zero-order valence-electron chi connectivity index (χ0n) is 9.35. The number of hydrogen-bond donors (Lipinski definition) is 1. The minimum absolute atomic E-state index is 0.137.